The Hall–Kier alpha value is -1.80. The quantitative estimate of drug-likeness (QED) is 0.538. The first-order valence-electron chi connectivity index (χ1n) is 7.17. The number of carbonyl (C=O) groups is 3. The Morgan fingerprint density at radius 3 is 2.64 bits per heavy atom. The van der Waals surface area contributed by atoms with Crippen molar-refractivity contribution in [2.24, 2.45) is 5.73 Å². The highest BCUT2D eigenvalue weighted by Crippen LogP contribution is 2.13. The van der Waals surface area contributed by atoms with Crippen molar-refractivity contribution in [1.29, 1.82) is 0 Å². The lowest BCUT2D eigenvalue weighted by Crippen LogP contribution is -2.37. The second-order valence-corrected chi connectivity index (χ2v) is 5.37. The van der Waals surface area contributed by atoms with Gasteiger partial charge in [-0.15, -0.1) is 11.3 Å². The second kappa shape index (κ2) is 9.26. The summed E-state index contributed by atoms with van der Waals surface area (Å²) < 4.78 is 4.82. The number of hydrogen-bond acceptors (Lipinski definition) is 7. The van der Waals surface area contributed by atoms with Gasteiger partial charge in [0.25, 0.3) is 0 Å². The SMILES string of the molecule is CCCN(CCC(=O)c1nc(C(=O)OCC)cs1)C(=O)CN. The summed E-state index contributed by atoms with van der Waals surface area (Å²) in [6.45, 7) is 4.70. The summed E-state index contributed by atoms with van der Waals surface area (Å²) in [5.41, 5.74) is 5.49. The van der Waals surface area contributed by atoms with Crippen molar-refractivity contribution in [1.82, 2.24) is 9.88 Å². The molecule has 0 saturated carbocycles. The van der Waals surface area contributed by atoms with E-state index in [2.05, 4.69) is 4.98 Å². The molecule has 2 N–H and O–H groups in total. The van der Waals surface area contributed by atoms with Crippen LogP contribution in [0.2, 0.25) is 0 Å². The Morgan fingerprint density at radius 1 is 1.32 bits per heavy atom. The zero-order valence-electron chi connectivity index (χ0n) is 12.8. The molecule has 1 rings (SSSR count). The number of hydrogen-bond donors (Lipinski definition) is 1. The van der Waals surface area contributed by atoms with Crippen LogP contribution in [0.1, 0.15) is 47.0 Å². The normalized spacial score (nSPS) is 10.3. The van der Waals surface area contributed by atoms with Gasteiger partial charge in [0, 0.05) is 24.9 Å². The van der Waals surface area contributed by atoms with Crippen molar-refractivity contribution in [3.8, 4) is 0 Å². The van der Waals surface area contributed by atoms with Crippen LogP contribution in [0.5, 0.6) is 0 Å². The number of nitrogens with zero attached hydrogens (tertiary/aromatic N) is 2. The van der Waals surface area contributed by atoms with E-state index < -0.39 is 5.97 Å². The summed E-state index contributed by atoms with van der Waals surface area (Å²) in [5, 5.41) is 1.75. The number of ketones is 1. The van der Waals surface area contributed by atoms with Crippen LogP contribution in [0.3, 0.4) is 0 Å². The number of esters is 1. The zero-order chi connectivity index (χ0) is 16.5. The smallest absolute Gasteiger partial charge is 0.357 e. The maximum Gasteiger partial charge on any atom is 0.357 e. The van der Waals surface area contributed by atoms with Crippen LogP contribution in [0.25, 0.3) is 0 Å². The first-order chi connectivity index (χ1) is 10.5. The summed E-state index contributed by atoms with van der Waals surface area (Å²) in [6, 6.07) is 0. The summed E-state index contributed by atoms with van der Waals surface area (Å²) >= 11 is 1.10. The van der Waals surface area contributed by atoms with Crippen LogP contribution in [-0.2, 0) is 9.53 Å². The molecule has 8 heteroatoms. The molecule has 1 heterocycles. The molecule has 1 amide bonds. The highest BCUT2D eigenvalue weighted by Gasteiger charge is 2.18. The van der Waals surface area contributed by atoms with Gasteiger partial charge in [-0.3, -0.25) is 9.59 Å². The molecular formula is C14H21N3O4S. The standard InChI is InChI=1S/C14H21N3O4S/c1-3-6-17(12(19)8-15)7-5-11(18)13-16-10(9-22-13)14(20)21-4-2/h9H,3-8,15H2,1-2H3. The maximum absolute atomic E-state index is 12.1. The van der Waals surface area contributed by atoms with Gasteiger partial charge in [0.2, 0.25) is 5.91 Å². The zero-order valence-corrected chi connectivity index (χ0v) is 13.6. The second-order valence-electron chi connectivity index (χ2n) is 4.52. The van der Waals surface area contributed by atoms with E-state index in [4.69, 9.17) is 10.5 Å². The molecular weight excluding hydrogens is 306 g/mol. The van der Waals surface area contributed by atoms with Crippen molar-refractivity contribution in [3.63, 3.8) is 0 Å². The average molecular weight is 327 g/mol. The van der Waals surface area contributed by atoms with E-state index in [1.54, 1.807) is 11.8 Å². The number of Topliss-reactive ketones (excluding diaryl/α,β-unsaturated/α-hetero) is 1. The first-order valence-corrected chi connectivity index (χ1v) is 8.05. The summed E-state index contributed by atoms with van der Waals surface area (Å²) in [6.07, 6.45) is 0.950. The predicted molar refractivity (Wildman–Crippen MR) is 82.9 cm³/mol. The summed E-state index contributed by atoms with van der Waals surface area (Å²) in [5.74, 6) is -0.920. The van der Waals surface area contributed by atoms with Gasteiger partial charge in [0.1, 0.15) is 0 Å². The van der Waals surface area contributed by atoms with Gasteiger partial charge in [-0.2, -0.15) is 0 Å². The summed E-state index contributed by atoms with van der Waals surface area (Å²) in [7, 11) is 0. The highest BCUT2D eigenvalue weighted by atomic mass is 32.1. The van der Waals surface area contributed by atoms with E-state index in [9.17, 15) is 14.4 Å². The third-order valence-corrected chi connectivity index (χ3v) is 3.74. The van der Waals surface area contributed by atoms with Crippen LogP contribution in [0.15, 0.2) is 5.38 Å². The molecule has 0 aromatic carbocycles. The minimum atomic E-state index is -0.538. The van der Waals surface area contributed by atoms with Gasteiger partial charge in [-0.1, -0.05) is 6.92 Å². The van der Waals surface area contributed by atoms with Crippen molar-refractivity contribution >= 4 is 29.0 Å². The Balaban J connectivity index is 2.61. The van der Waals surface area contributed by atoms with Crippen molar-refractivity contribution in [2.45, 2.75) is 26.7 Å². The number of carbonyl (C=O) groups excluding carboxylic acids is 3. The van der Waals surface area contributed by atoms with Crippen LogP contribution in [0.4, 0.5) is 0 Å². The molecule has 0 atom stereocenters. The van der Waals surface area contributed by atoms with Gasteiger partial charge in [0.05, 0.1) is 13.2 Å². The van der Waals surface area contributed by atoms with Gasteiger partial charge >= 0.3 is 5.97 Å². The van der Waals surface area contributed by atoms with Crippen LogP contribution >= 0.6 is 11.3 Å². The third kappa shape index (κ3) is 5.19. The highest BCUT2D eigenvalue weighted by molar-refractivity contribution is 7.11. The lowest BCUT2D eigenvalue weighted by Gasteiger charge is -2.20. The van der Waals surface area contributed by atoms with Crippen LogP contribution < -0.4 is 5.73 Å². The fourth-order valence-electron chi connectivity index (χ4n) is 1.80. The third-order valence-electron chi connectivity index (χ3n) is 2.86. The van der Waals surface area contributed by atoms with Crippen molar-refractivity contribution < 1.29 is 19.1 Å². The van der Waals surface area contributed by atoms with Crippen LogP contribution in [0, 0.1) is 0 Å². The maximum atomic E-state index is 12.1. The topological polar surface area (TPSA) is 103 Å². The van der Waals surface area contributed by atoms with Gasteiger partial charge in [-0.05, 0) is 13.3 Å². The molecule has 0 spiro atoms. The molecule has 7 nitrogen and oxygen atoms in total. The van der Waals surface area contributed by atoms with Crippen molar-refractivity contribution in [3.05, 3.63) is 16.1 Å². The number of aromatic nitrogens is 1. The lowest BCUT2D eigenvalue weighted by molar-refractivity contribution is -0.129. The predicted octanol–water partition coefficient (Wildman–Crippen LogP) is 1.09. The lowest BCUT2D eigenvalue weighted by atomic mass is 10.2. The van der Waals surface area contributed by atoms with Gasteiger partial charge < -0.3 is 15.4 Å². The minimum Gasteiger partial charge on any atom is -0.461 e. The first kappa shape index (κ1) is 18.2. The molecule has 0 saturated heterocycles. The fraction of sp³-hybridized carbons (Fsp3) is 0.571. The molecule has 0 bridgehead atoms. The van der Waals surface area contributed by atoms with E-state index in [0.29, 0.717) is 13.1 Å². The fourth-order valence-corrected chi connectivity index (χ4v) is 2.56. The Bertz CT molecular complexity index is 530. The van der Waals surface area contributed by atoms with Crippen molar-refractivity contribution in [2.75, 3.05) is 26.2 Å². The van der Waals surface area contributed by atoms with Gasteiger partial charge in [-0.25, -0.2) is 9.78 Å². The Labute approximate surface area is 133 Å². The van der Waals surface area contributed by atoms with Gasteiger partial charge in [0.15, 0.2) is 16.5 Å². The molecule has 0 fully saturated rings. The summed E-state index contributed by atoms with van der Waals surface area (Å²) in [4.78, 5) is 40.8. The molecule has 0 radical (unpaired) electrons. The Kier molecular flexibility index (Phi) is 7.69. The largest absolute Gasteiger partial charge is 0.461 e. The van der Waals surface area contributed by atoms with Crippen LogP contribution in [-0.4, -0.2) is 53.8 Å². The number of thiazole rings is 1. The molecule has 1 aromatic heterocycles. The minimum absolute atomic E-state index is 0.0710. The number of ether oxygens (including phenoxy) is 1. The van der Waals surface area contributed by atoms with E-state index in [1.165, 1.54) is 5.38 Å². The average Bonchev–Trinajstić information content (AvgIpc) is 3.00. The molecule has 0 unspecified atom stereocenters. The van der Waals surface area contributed by atoms with E-state index in [1.807, 2.05) is 6.92 Å². The number of rotatable bonds is 9. The molecule has 0 aliphatic rings. The van der Waals surface area contributed by atoms with E-state index in [-0.39, 0.29) is 42.0 Å². The molecule has 22 heavy (non-hydrogen) atoms. The molecule has 0 aliphatic heterocycles. The molecule has 122 valence electrons. The number of amides is 1. The Morgan fingerprint density at radius 2 is 2.05 bits per heavy atom. The molecule has 0 aliphatic carbocycles. The van der Waals surface area contributed by atoms with E-state index in [0.717, 1.165) is 17.8 Å². The molecule has 1 aromatic rings. The van der Waals surface area contributed by atoms with E-state index >= 15 is 0 Å². The number of nitrogens with two attached hydrogens (primary N) is 1. The monoisotopic (exact) mass is 327 g/mol.